The molecular formula is C25H25N3O3S. The normalized spacial score (nSPS) is 16.9. The van der Waals surface area contributed by atoms with Gasteiger partial charge in [-0.1, -0.05) is 24.3 Å². The van der Waals surface area contributed by atoms with Crippen LogP contribution < -0.4 is 14.5 Å². The maximum atomic E-state index is 13.3. The predicted molar refractivity (Wildman–Crippen MR) is 127 cm³/mol. The van der Waals surface area contributed by atoms with Crippen LogP contribution >= 0.6 is 11.3 Å². The maximum absolute atomic E-state index is 13.3. The van der Waals surface area contributed by atoms with Crippen molar-refractivity contribution in [3.63, 3.8) is 0 Å². The van der Waals surface area contributed by atoms with E-state index >= 15 is 0 Å². The predicted octanol–water partition coefficient (Wildman–Crippen LogP) is 5.12. The van der Waals surface area contributed by atoms with Crippen molar-refractivity contribution in [1.82, 2.24) is 4.90 Å². The molecule has 0 aliphatic carbocycles. The van der Waals surface area contributed by atoms with Crippen LogP contribution in [0.25, 0.3) is 0 Å². The zero-order chi connectivity index (χ0) is 22.1. The van der Waals surface area contributed by atoms with Crippen LogP contribution in [0.15, 0.2) is 65.1 Å². The van der Waals surface area contributed by atoms with Crippen molar-refractivity contribution in [1.29, 1.82) is 0 Å². The number of carbonyl (C=O) groups excluding carboxylic acids is 1. The fourth-order valence-corrected chi connectivity index (χ4v) is 4.97. The number of ketones is 1. The van der Waals surface area contributed by atoms with E-state index < -0.39 is 0 Å². The molecule has 2 aromatic carbocycles. The van der Waals surface area contributed by atoms with E-state index in [1.807, 2.05) is 66.7 Å². The number of anilines is 1. The number of amidine groups is 1. The van der Waals surface area contributed by atoms with Gasteiger partial charge in [-0.15, -0.1) is 16.4 Å². The highest BCUT2D eigenvalue weighted by molar-refractivity contribution is 7.13. The molecule has 5 rings (SSSR count). The number of rotatable bonds is 7. The quantitative estimate of drug-likeness (QED) is 0.471. The van der Waals surface area contributed by atoms with Crippen LogP contribution in [0.3, 0.4) is 0 Å². The van der Waals surface area contributed by atoms with Crippen LogP contribution in [0, 0.1) is 0 Å². The first kappa shape index (κ1) is 20.6. The number of hydrogen-bond acceptors (Lipinski definition) is 7. The SMILES string of the molecule is CCOc1cc2c(cc1OCC)C1N(CC2)C(C(=O)c2cccs2)=NN1c1ccccc1. The molecule has 0 amide bonds. The van der Waals surface area contributed by atoms with Gasteiger partial charge in [-0.2, -0.15) is 0 Å². The average molecular weight is 448 g/mol. The van der Waals surface area contributed by atoms with Gasteiger partial charge in [0.25, 0.3) is 0 Å². The molecule has 2 aliphatic rings. The van der Waals surface area contributed by atoms with Crippen molar-refractivity contribution in [3.05, 3.63) is 76.0 Å². The molecule has 0 bridgehead atoms. The lowest BCUT2D eigenvalue weighted by atomic mass is 9.95. The lowest BCUT2D eigenvalue weighted by Gasteiger charge is -2.37. The number of fused-ring (bicyclic) bond motifs is 3. The summed E-state index contributed by atoms with van der Waals surface area (Å²) >= 11 is 1.44. The zero-order valence-corrected chi connectivity index (χ0v) is 19.0. The maximum Gasteiger partial charge on any atom is 0.239 e. The standard InChI is InChI=1S/C25H25N3O3S/c1-3-30-20-15-17-12-13-27-24(23(29)22-11-8-14-32-22)26-28(18-9-6-5-7-10-18)25(27)19(17)16-21(20)31-4-2/h5-11,14-16,25H,3-4,12-13H2,1-2H3. The number of nitrogens with zero attached hydrogens (tertiary/aromatic N) is 3. The van der Waals surface area contributed by atoms with Gasteiger partial charge < -0.3 is 14.4 Å². The van der Waals surface area contributed by atoms with Crippen molar-refractivity contribution < 1.29 is 14.3 Å². The van der Waals surface area contributed by atoms with Crippen molar-refractivity contribution in [2.24, 2.45) is 5.10 Å². The summed E-state index contributed by atoms with van der Waals surface area (Å²) in [4.78, 5) is 16.1. The monoisotopic (exact) mass is 447 g/mol. The summed E-state index contributed by atoms with van der Waals surface area (Å²) in [6, 6.07) is 17.9. The second kappa shape index (κ2) is 8.67. The van der Waals surface area contributed by atoms with E-state index in [0.29, 0.717) is 30.5 Å². The molecule has 1 aromatic heterocycles. The van der Waals surface area contributed by atoms with E-state index in [9.17, 15) is 4.79 Å². The number of thiophene rings is 1. The van der Waals surface area contributed by atoms with Crippen molar-refractivity contribution >= 4 is 28.6 Å². The molecule has 32 heavy (non-hydrogen) atoms. The van der Waals surface area contributed by atoms with Gasteiger partial charge in [-0.05, 0) is 61.5 Å². The van der Waals surface area contributed by atoms with Gasteiger partial charge in [0.1, 0.15) is 0 Å². The average Bonchev–Trinajstić information content (AvgIpc) is 3.49. The summed E-state index contributed by atoms with van der Waals surface area (Å²) in [6.45, 7) is 5.77. The van der Waals surface area contributed by atoms with E-state index in [4.69, 9.17) is 14.6 Å². The molecular weight excluding hydrogens is 422 g/mol. The van der Waals surface area contributed by atoms with Crippen LogP contribution in [0.5, 0.6) is 11.5 Å². The highest BCUT2D eigenvalue weighted by Crippen LogP contribution is 2.44. The molecule has 1 atom stereocenters. The Labute approximate surface area is 191 Å². The summed E-state index contributed by atoms with van der Waals surface area (Å²) in [7, 11) is 0. The zero-order valence-electron chi connectivity index (χ0n) is 18.2. The first-order valence-electron chi connectivity index (χ1n) is 10.9. The molecule has 0 spiro atoms. The Morgan fingerprint density at radius 1 is 1.06 bits per heavy atom. The smallest absolute Gasteiger partial charge is 0.239 e. The summed E-state index contributed by atoms with van der Waals surface area (Å²) in [5.74, 6) is 1.93. The third-order valence-electron chi connectivity index (χ3n) is 5.68. The van der Waals surface area contributed by atoms with Crippen LogP contribution in [0.1, 0.15) is 40.8 Å². The highest BCUT2D eigenvalue weighted by atomic mass is 32.1. The molecule has 2 aliphatic heterocycles. The number of benzene rings is 2. The minimum Gasteiger partial charge on any atom is -0.490 e. The van der Waals surface area contributed by atoms with E-state index in [0.717, 1.165) is 29.2 Å². The molecule has 3 aromatic rings. The third-order valence-corrected chi connectivity index (χ3v) is 6.54. The number of carbonyl (C=O) groups is 1. The van der Waals surface area contributed by atoms with Gasteiger partial charge >= 0.3 is 0 Å². The van der Waals surface area contributed by atoms with E-state index in [1.165, 1.54) is 16.9 Å². The van der Waals surface area contributed by atoms with Gasteiger partial charge in [-0.25, -0.2) is 5.01 Å². The summed E-state index contributed by atoms with van der Waals surface area (Å²) in [6.07, 6.45) is 0.590. The number of para-hydroxylation sites is 1. The molecule has 0 fully saturated rings. The first-order valence-corrected chi connectivity index (χ1v) is 11.8. The second-order valence-electron chi connectivity index (χ2n) is 7.59. The Kier molecular flexibility index (Phi) is 5.57. The van der Waals surface area contributed by atoms with E-state index in [-0.39, 0.29) is 11.9 Å². The summed E-state index contributed by atoms with van der Waals surface area (Å²) in [5.41, 5.74) is 3.22. The number of hydrogen-bond donors (Lipinski definition) is 0. The lowest BCUT2D eigenvalue weighted by molar-refractivity contribution is 0.105. The Hall–Kier alpha value is -3.32. The fourth-order valence-electron chi connectivity index (χ4n) is 4.32. The van der Waals surface area contributed by atoms with Crippen LogP contribution in [0.2, 0.25) is 0 Å². The highest BCUT2D eigenvalue weighted by Gasteiger charge is 2.43. The minimum absolute atomic E-state index is 0.0390. The fraction of sp³-hybridized carbons (Fsp3) is 0.280. The summed E-state index contributed by atoms with van der Waals surface area (Å²) < 4.78 is 11.8. The van der Waals surface area contributed by atoms with Gasteiger partial charge in [0.15, 0.2) is 17.7 Å². The largest absolute Gasteiger partial charge is 0.490 e. The molecule has 164 valence electrons. The molecule has 6 nitrogen and oxygen atoms in total. The minimum atomic E-state index is -0.213. The van der Waals surface area contributed by atoms with Gasteiger partial charge in [0, 0.05) is 12.1 Å². The third kappa shape index (κ3) is 3.52. The number of Topliss-reactive ketones (excluding diaryl/α,β-unsaturated/α-hetero) is 1. The first-order chi connectivity index (χ1) is 15.7. The summed E-state index contributed by atoms with van der Waals surface area (Å²) in [5, 5.41) is 8.73. The topological polar surface area (TPSA) is 54.4 Å². The molecule has 0 saturated carbocycles. The molecule has 1 unspecified atom stereocenters. The molecule has 0 saturated heterocycles. The second-order valence-corrected chi connectivity index (χ2v) is 8.54. The molecule has 3 heterocycles. The van der Waals surface area contributed by atoms with Gasteiger partial charge in [-0.3, -0.25) is 4.79 Å². The van der Waals surface area contributed by atoms with E-state index in [2.05, 4.69) is 17.0 Å². The Morgan fingerprint density at radius 3 is 2.50 bits per heavy atom. The van der Waals surface area contributed by atoms with Crippen molar-refractivity contribution in [3.8, 4) is 11.5 Å². The van der Waals surface area contributed by atoms with Crippen molar-refractivity contribution in [2.75, 3.05) is 24.8 Å². The Morgan fingerprint density at radius 2 is 1.81 bits per heavy atom. The Bertz CT molecular complexity index is 1140. The van der Waals surface area contributed by atoms with Crippen LogP contribution in [-0.2, 0) is 6.42 Å². The lowest BCUT2D eigenvalue weighted by Crippen LogP contribution is -2.42. The van der Waals surface area contributed by atoms with Crippen molar-refractivity contribution in [2.45, 2.75) is 26.4 Å². The Balaban J connectivity index is 1.62. The van der Waals surface area contributed by atoms with Gasteiger partial charge in [0.2, 0.25) is 11.6 Å². The molecule has 7 heteroatoms. The number of ether oxygens (including phenoxy) is 2. The van der Waals surface area contributed by atoms with Crippen LogP contribution in [0.4, 0.5) is 5.69 Å². The number of hydrazone groups is 1. The molecule has 0 N–H and O–H groups in total. The van der Waals surface area contributed by atoms with Gasteiger partial charge in [0.05, 0.1) is 23.8 Å². The molecule has 0 radical (unpaired) electrons. The van der Waals surface area contributed by atoms with E-state index in [1.54, 1.807) is 0 Å². The van der Waals surface area contributed by atoms with Crippen LogP contribution in [-0.4, -0.2) is 36.3 Å².